The molecule has 0 saturated carbocycles. The van der Waals surface area contributed by atoms with Crippen molar-refractivity contribution in [3.63, 3.8) is 0 Å². The summed E-state index contributed by atoms with van der Waals surface area (Å²) in [4.78, 5) is 1.21. The Bertz CT molecular complexity index is 445. The van der Waals surface area contributed by atoms with Crippen LogP contribution in [0.3, 0.4) is 0 Å². The van der Waals surface area contributed by atoms with E-state index in [4.69, 9.17) is 17.0 Å². The summed E-state index contributed by atoms with van der Waals surface area (Å²) in [5, 5.41) is 0.543. The molecular weight excluding hydrogens is 262 g/mol. The van der Waals surface area contributed by atoms with Gasteiger partial charge in [-0.1, -0.05) is 38.0 Å². The molecule has 0 fully saturated rings. The summed E-state index contributed by atoms with van der Waals surface area (Å²) in [6.45, 7) is 2.89. The van der Waals surface area contributed by atoms with E-state index in [0.717, 1.165) is 6.42 Å². The van der Waals surface area contributed by atoms with Gasteiger partial charge in [0, 0.05) is 11.1 Å². The fraction of sp³-hybridized carbons (Fsp3) is 0.357. The fourth-order valence-corrected chi connectivity index (χ4v) is 2.76. The maximum atomic E-state index is 5.58. The van der Waals surface area contributed by atoms with E-state index in [0.29, 0.717) is 11.8 Å². The van der Waals surface area contributed by atoms with Crippen LogP contribution in [-0.2, 0) is 4.74 Å². The molecule has 1 aliphatic rings. The molecule has 0 unspecified atom stereocenters. The lowest BCUT2D eigenvalue weighted by atomic mass is 10.2. The maximum Gasteiger partial charge on any atom is 0.274 e. The normalized spacial score (nSPS) is 13.3. The number of unbranched alkanes of at least 4 members (excludes halogenated alkanes) is 2. The van der Waals surface area contributed by atoms with E-state index < -0.39 is 0 Å². The van der Waals surface area contributed by atoms with Gasteiger partial charge in [-0.3, -0.25) is 0 Å². The molecular formula is C14H17NOS2. The van der Waals surface area contributed by atoms with Gasteiger partial charge < -0.3 is 4.74 Å². The Balaban J connectivity index is 1.87. The SMILES string of the molecule is CCCCCOC(=S)N1C=Cc2ccccc2S1. The third-order valence-corrected chi connectivity index (χ3v) is 4.14. The molecule has 0 radical (unpaired) electrons. The van der Waals surface area contributed by atoms with Gasteiger partial charge in [0.2, 0.25) is 0 Å². The molecule has 18 heavy (non-hydrogen) atoms. The van der Waals surface area contributed by atoms with Gasteiger partial charge >= 0.3 is 0 Å². The molecule has 2 nitrogen and oxygen atoms in total. The van der Waals surface area contributed by atoms with Crippen molar-refractivity contribution in [1.29, 1.82) is 0 Å². The largest absolute Gasteiger partial charge is 0.470 e. The number of rotatable bonds is 4. The van der Waals surface area contributed by atoms with Gasteiger partial charge in [-0.25, -0.2) is 4.31 Å². The Morgan fingerprint density at radius 1 is 1.33 bits per heavy atom. The second kappa shape index (κ2) is 6.81. The van der Waals surface area contributed by atoms with E-state index in [1.807, 2.05) is 22.6 Å². The highest BCUT2D eigenvalue weighted by Gasteiger charge is 2.15. The number of hydrogen-bond acceptors (Lipinski definition) is 3. The summed E-state index contributed by atoms with van der Waals surface area (Å²) in [7, 11) is 0. The molecule has 0 spiro atoms. The minimum atomic E-state index is 0.543. The van der Waals surface area contributed by atoms with Gasteiger partial charge in [0.15, 0.2) is 0 Å². The molecule has 1 heterocycles. The van der Waals surface area contributed by atoms with Gasteiger partial charge in [0.25, 0.3) is 5.17 Å². The first kappa shape index (κ1) is 13.4. The van der Waals surface area contributed by atoms with Gasteiger partial charge in [-0.15, -0.1) is 0 Å². The molecule has 0 aromatic heterocycles. The predicted octanol–water partition coefficient (Wildman–Crippen LogP) is 4.47. The Labute approximate surface area is 118 Å². The molecule has 0 atom stereocenters. The average molecular weight is 279 g/mol. The Morgan fingerprint density at radius 2 is 2.17 bits per heavy atom. The van der Waals surface area contributed by atoms with Crippen LogP contribution in [0.4, 0.5) is 0 Å². The second-order valence-electron chi connectivity index (χ2n) is 4.09. The van der Waals surface area contributed by atoms with Crippen molar-refractivity contribution in [3.8, 4) is 0 Å². The number of hydrogen-bond donors (Lipinski definition) is 0. The van der Waals surface area contributed by atoms with E-state index in [-0.39, 0.29) is 0 Å². The predicted molar refractivity (Wildman–Crippen MR) is 81.2 cm³/mol. The summed E-state index contributed by atoms with van der Waals surface area (Å²) >= 11 is 6.89. The number of fused-ring (bicyclic) bond motifs is 1. The van der Waals surface area contributed by atoms with Crippen LogP contribution in [-0.4, -0.2) is 16.1 Å². The number of nitrogens with zero attached hydrogens (tertiary/aromatic N) is 1. The van der Waals surface area contributed by atoms with Crippen molar-refractivity contribution in [2.45, 2.75) is 31.1 Å². The highest BCUT2D eigenvalue weighted by molar-refractivity contribution is 7.98. The zero-order valence-corrected chi connectivity index (χ0v) is 12.1. The standard InChI is InChI=1S/C14H17NOS2/c1-2-3-6-11-16-14(17)15-10-9-12-7-4-5-8-13(12)18-15/h4-5,7-10H,2-3,6,11H2,1H3. The van der Waals surface area contributed by atoms with Crippen LogP contribution in [0.5, 0.6) is 0 Å². The molecule has 0 aliphatic carbocycles. The number of ether oxygens (including phenoxy) is 1. The second-order valence-corrected chi connectivity index (χ2v) is 5.46. The Morgan fingerprint density at radius 3 is 3.00 bits per heavy atom. The van der Waals surface area contributed by atoms with Crippen molar-refractivity contribution in [1.82, 2.24) is 4.31 Å². The van der Waals surface area contributed by atoms with E-state index in [9.17, 15) is 0 Å². The average Bonchev–Trinajstić information content (AvgIpc) is 2.43. The van der Waals surface area contributed by atoms with Gasteiger partial charge in [0.1, 0.15) is 0 Å². The van der Waals surface area contributed by atoms with Crippen LogP contribution < -0.4 is 0 Å². The lowest BCUT2D eigenvalue weighted by Crippen LogP contribution is -2.21. The molecule has 1 aromatic carbocycles. The van der Waals surface area contributed by atoms with Crippen molar-refractivity contribution < 1.29 is 4.74 Å². The summed E-state index contributed by atoms with van der Waals surface area (Å²) < 4.78 is 7.49. The van der Waals surface area contributed by atoms with Crippen LogP contribution >= 0.6 is 24.2 Å². The summed E-state index contributed by atoms with van der Waals surface area (Å²) in [6, 6.07) is 8.27. The van der Waals surface area contributed by atoms with Crippen LogP contribution in [0.2, 0.25) is 0 Å². The van der Waals surface area contributed by atoms with Gasteiger partial charge in [0.05, 0.1) is 6.61 Å². The smallest absolute Gasteiger partial charge is 0.274 e. The first-order valence-corrected chi connectivity index (χ1v) is 7.40. The minimum Gasteiger partial charge on any atom is -0.470 e. The van der Waals surface area contributed by atoms with Crippen LogP contribution in [0, 0.1) is 0 Å². The Kier molecular flexibility index (Phi) is 5.08. The molecule has 96 valence electrons. The highest BCUT2D eigenvalue weighted by atomic mass is 32.2. The van der Waals surface area contributed by atoms with E-state index >= 15 is 0 Å². The molecule has 0 saturated heterocycles. The Hall–Kier alpha value is -1.00. The quantitative estimate of drug-likeness (QED) is 0.458. The summed E-state index contributed by atoms with van der Waals surface area (Å²) in [5.74, 6) is 0. The van der Waals surface area contributed by atoms with E-state index in [1.54, 1.807) is 11.9 Å². The van der Waals surface area contributed by atoms with Crippen molar-refractivity contribution in [3.05, 3.63) is 36.0 Å². The highest BCUT2D eigenvalue weighted by Crippen LogP contribution is 2.32. The number of benzene rings is 1. The summed E-state index contributed by atoms with van der Waals surface area (Å²) in [5.41, 5.74) is 1.23. The lowest BCUT2D eigenvalue weighted by molar-refractivity contribution is 0.280. The van der Waals surface area contributed by atoms with Crippen LogP contribution in [0.25, 0.3) is 6.08 Å². The van der Waals surface area contributed by atoms with Crippen LogP contribution in [0.15, 0.2) is 35.4 Å². The first-order valence-electron chi connectivity index (χ1n) is 6.22. The minimum absolute atomic E-state index is 0.543. The van der Waals surface area contributed by atoms with Gasteiger partial charge in [-0.05, 0) is 48.3 Å². The first-order chi connectivity index (χ1) is 8.81. The van der Waals surface area contributed by atoms with E-state index in [2.05, 4.69) is 25.1 Å². The third kappa shape index (κ3) is 3.50. The molecule has 1 aromatic rings. The van der Waals surface area contributed by atoms with Crippen molar-refractivity contribution in [2.75, 3.05) is 6.61 Å². The maximum absolute atomic E-state index is 5.58. The summed E-state index contributed by atoms with van der Waals surface area (Å²) in [6.07, 6.45) is 7.48. The zero-order valence-electron chi connectivity index (χ0n) is 10.5. The molecule has 4 heteroatoms. The van der Waals surface area contributed by atoms with Crippen molar-refractivity contribution in [2.24, 2.45) is 0 Å². The zero-order chi connectivity index (χ0) is 12.8. The molecule has 0 amide bonds. The van der Waals surface area contributed by atoms with E-state index in [1.165, 1.54) is 23.3 Å². The molecule has 0 N–H and O–H groups in total. The van der Waals surface area contributed by atoms with Gasteiger partial charge in [-0.2, -0.15) is 0 Å². The lowest BCUT2D eigenvalue weighted by Gasteiger charge is -2.23. The molecule has 0 bridgehead atoms. The molecule has 1 aliphatic heterocycles. The topological polar surface area (TPSA) is 12.5 Å². The fourth-order valence-electron chi connectivity index (χ4n) is 1.66. The third-order valence-electron chi connectivity index (χ3n) is 2.66. The van der Waals surface area contributed by atoms with Crippen molar-refractivity contribution >= 4 is 35.4 Å². The van der Waals surface area contributed by atoms with Crippen LogP contribution in [0.1, 0.15) is 31.7 Å². The number of thiocarbonyl (C=S) groups is 1. The molecule has 2 rings (SSSR count). The monoisotopic (exact) mass is 279 g/mol.